The van der Waals surface area contributed by atoms with E-state index in [1.165, 1.54) is 0 Å². The molecule has 0 aliphatic heterocycles. The van der Waals surface area contributed by atoms with Crippen LogP contribution in [0.3, 0.4) is 0 Å². The van der Waals surface area contributed by atoms with E-state index in [1.807, 2.05) is 13.1 Å². The van der Waals surface area contributed by atoms with Crippen molar-refractivity contribution in [2.24, 2.45) is 0 Å². The molecule has 0 aliphatic rings. The maximum absolute atomic E-state index is 13.1. The highest BCUT2D eigenvalue weighted by Gasteiger charge is 2.03. The smallest absolute Gasteiger partial charge is 0.123 e. The molecule has 0 fully saturated rings. The molecule has 0 radical (unpaired) electrons. The Hall–Kier alpha value is -0.890. The van der Waals surface area contributed by atoms with Crippen LogP contribution >= 0.6 is 0 Å². The van der Waals surface area contributed by atoms with Crippen LogP contribution in [0.25, 0.3) is 0 Å². The van der Waals surface area contributed by atoms with Crippen LogP contribution in [-0.4, -0.2) is 7.05 Å². The highest BCUT2D eigenvalue weighted by Crippen LogP contribution is 2.17. The third-order valence-electron chi connectivity index (χ3n) is 2.03. The SMILES string of the molecule is CNCc1cc(F)cc(C(C)C)c1. The van der Waals surface area contributed by atoms with Gasteiger partial charge in [-0.2, -0.15) is 0 Å². The fourth-order valence-corrected chi connectivity index (χ4v) is 1.31. The third-order valence-corrected chi connectivity index (χ3v) is 2.03. The van der Waals surface area contributed by atoms with Crippen LogP contribution < -0.4 is 5.32 Å². The first-order chi connectivity index (χ1) is 6.13. The van der Waals surface area contributed by atoms with Crippen LogP contribution in [0.1, 0.15) is 30.9 Å². The Kier molecular flexibility index (Phi) is 3.43. The second-order valence-corrected chi connectivity index (χ2v) is 3.58. The summed E-state index contributed by atoms with van der Waals surface area (Å²) in [5.41, 5.74) is 2.07. The molecule has 72 valence electrons. The predicted molar refractivity (Wildman–Crippen MR) is 53.3 cm³/mol. The summed E-state index contributed by atoms with van der Waals surface area (Å²) in [6.45, 7) is 4.85. The Bertz CT molecular complexity index is 281. The summed E-state index contributed by atoms with van der Waals surface area (Å²) in [4.78, 5) is 0. The Morgan fingerprint density at radius 2 is 2.00 bits per heavy atom. The highest BCUT2D eigenvalue weighted by molar-refractivity contribution is 5.26. The number of benzene rings is 1. The zero-order valence-electron chi connectivity index (χ0n) is 8.39. The number of nitrogens with one attached hydrogen (secondary N) is 1. The van der Waals surface area contributed by atoms with Gasteiger partial charge in [0.2, 0.25) is 0 Å². The van der Waals surface area contributed by atoms with E-state index in [0.29, 0.717) is 5.92 Å². The summed E-state index contributed by atoms with van der Waals surface area (Å²) >= 11 is 0. The summed E-state index contributed by atoms with van der Waals surface area (Å²) in [6, 6.07) is 5.22. The van der Waals surface area contributed by atoms with Crippen molar-refractivity contribution in [2.75, 3.05) is 7.05 Å². The molecule has 0 unspecified atom stereocenters. The first-order valence-electron chi connectivity index (χ1n) is 4.57. The summed E-state index contributed by atoms with van der Waals surface area (Å²) in [6.07, 6.45) is 0. The molecule has 0 spiro atoms. The van der Waals surface area contributed by atoms with Gasteiger partial charge in [-0.25, -0.2) is 4.39 Å². The van der Waals surface area contributed by atoms with Gasteiger partial charge in [0.25, 0.3) is 0 Å². The fraction of sp³-hybridized carbons (Fsp3) is 0.455. The van der Waals surface area contributed by atoms with E-state index in [-0.39, 0.29) is 5.82 Å². The molecule has 0 amide bonds. The lowest BCUT2D eigenvalue weighted by Crippen LogP contribution is -2.06. The molecule has 0 atom stereocenters. The van der Waals surface area contributed by atoms with Gasteiger partial charge in [0.15, 0.2) is 0 Å². The molecule has 0 bridgehead atoms. The lowest BCUT2D eigenvalue weighted by Gasteiger charge is -2.08. The molecule has 0 aliphatic carbocycles. The Morgan fingerprint density at radius 1 is 1.31 bits per heavy atom. The van der Waals surface area contributed by atoms with Crippen molar-refractivity contribution in [3.05, 3.63) is 35.1 Å². The minimum absolute atomic E-state index is 0.142. The number of hydrogen-bond donors (Lipinski definition) is 1. The second kappa shape index (κ2) is 4.38. The molecular weight excluding hydrogens is 165 g/mol. The Balaban J connectivity index is 2.96. The molecule has 0 aromatic heterocycles. The fourth-order valence-electron chi connectivity index (χ4n) is 1.31. The molecule has 1 nitrogen and oxygen atoms in total. The van der Waals surface area contributed by atoms with Crippen molar-refractivity contribution in [2.45, 2.75) is 26.3 Å². The standard InChI is InChI=1S/C11H16FN/c1-8(2)10-4-9(7-13-3)5-11(12)6-10/h4-6,8,13H,7H2,1-3H3. The van der Waals surface area contributed by atoms with Crippen molar-refractivity contribution >= 4 is 0 Å². The lowest BCUT2D eigenvalue weighted by molar-refractivity contribution is 0.618. The highest BCUT2D eigenvalue weighted by atomic mass is 19.1. The molecule has 1 aromatic carbocycles. The van der Waals surface area contributed by atoms with Crippen LogP contribution in [0.15, 0.2) is 18.2 Å². The first-order valence-corrected chi connectivity index (χ1v) is 4.57. The maximum Gasteiger partial charge on any atom is 0.123 e. The molecule has 1 aromatic rings. The van der Waals surface area contributed by atoms with Crippen molar-refractivity contribution in [3.63, 3.8) is 0 Å². The van der Waals surface area contributed by atoms with Gasteiger partial charge in [0.1, 0.15) is 5.82 Å². The van der Waals surface area contributed by atoms with Gasteiger partial charge in [-0.1, -0.05) is 19.9 Å². The number of rotatable bonds is 3. The topological polar surface area (TPSA) is 12.0 Å². The average molecular weight is 181 g/mol. The van der Waals surface area contributed by atoms with Gasteiger partial charge in [0.05, 0.1) is 0 Å². The normalized spacial score (nSPS) is 10.8. The predicted octanol–water partition coefficient (Wildman–Crippen LogP) is 2.67. The first kappa shape index (κ1) is 10.2. The van der Waals surface area contributed by atoms with E-state index in [1.54, 1.807) is 12.1 Å². The minimum atomic E-state index is -0.142. The van der Waals surface area contributed by atoms with E-state index in [0.717, 1.165) is 17.7 Å². The molecule has 13 heavy (non-hydrogen) atoms. The van der Waals surface area contributed by atoms with E-state index >= 15 is 0 Å². The third kappa shape index (κ3) is 2.81. The number of halogens is 1. The summed E-state index contributed by atoms with van der Waals surface area (Å²) in [5, 5.41) is 3.01. The Labute approximate surface area is 79.0 Å². The lowest BCUT2D eigenvalue weighted by atomic mass is 10.0. The van der Waals surface area contributed by atoms with Crippen LogP contribution in [0.4, 0.5) is 4.39 Å². The molecule has 0 heterocycles. The largest absolute Gasteiger partial charge is 0.316 e. The van der Waals surface area contributed by atoms with Crippen LogP contribution in [0.2, 0.25) is 0 Å². The monoisotopic (exact) mass is 181 g/mol. The van der Waals surface area contributed by atoms with Gasteiger partial charge >= 0.3 is 0 Å². The quantitative estimate of drug-likeness (QED) is 0.756. The van der Waals surface area contributed by atoms with Gasteiger partial charge in [-0.15, -0.1) is 0 Å². The zero-order chi connectivity index (χ0) is 9.84. The van der Waals surface area contributed by atoms with E-state index in [2.05, 4.69) is 19.2 Å². The minimum Gasteiger partial charge on any atom is -0.316 e. The number of hydrogen-bond acceptors (Lipinski definition) is 1. The maximum atomic E-state index is 13.1. The average Bonchev–Trinajstić information content (AvgIpc) is 2.03. The van der Waals surface area contributed by atoms with Gasteiger partial charge < -0.3 is 5.32 Å². The van der Waals surface area contributed by atoms with Crippen molar-refractivity contribution < 1.29 is 4.39 Å². The zero-order valence-corrected chi connectivity index (χ0v) is 8.39. The van der Waals surface area contributed by atoms with E-state index in [4.69, 9.17) is 0 Å². The molecule has 2 heteroatoms. The molecular formula is C11H16FN. The summed E-state index contributed by atoms with van der Waals surface area (Å²) < 4.78 is 13.1. The summed E-state index contributed by atoms with van der Waals surface area (Å²) in [7, 11) is 1.86. The van der Waals surface area contributed by atoms with Gasteiger partial charge in [-0.3, -0.25) is 0 Å². The molecule has 1 N–H and O–H groups in total. The van der Waals surface area contributed by atoms with E-state index in [9.17, 15) is 4.39 Å². The molecule has 1 rings (SSSR count). The van der Waals surface area contributed by atoms with E-state index < -0.39 is 0 Å². The van der Waals surface area contributed by atoms with Crippen LogP contribution in [0, 0.1) is 5.82 Å². The second-order valence-electron chi connectivity index (χ2n) is 3.58. The van der Waals surface area contributed by atoms with Crippen LogP contribution in [-0.2, 0) is 6.54 Å². The van der Waals surface area contributed by atoms with Gasteiger partial charge in [0, 0.05) is 6.54 Å². The van der Waals surface area contributed by atoms with Gasteiger partial charge in [-0.05, 0) is 36.2 Å². The summed E-state index contributed by atoms with van der Waals surface area (Å²) in [5.74, 6) is 0.239. The van der Waals surface area contributed by atoms with Crippen LogP contribution in [0.5, 0.6) is 0 Å². The Morgan fingerprint density at radius 3 is 2.54 bits per heavy atom. The van der Waals surface area contributed by atoms with Crippen molar-refractivity contribution in [1.29, 1.82) is 0 Å². The van der Waals surface area contributed by atoms with Crippen molar-refractivity contribution in [3.8, 4) is 0 Å². The molecule has 0 saturated carbocycles. The van der Waals surface area contributed by atoms with Crippen molar-refractivity contribution in [1.82, 2.24) is 5.32 Å². The molecule has 0 saturated heterocycles.